The molecule has 0 spiro atoms. The van der Waals surface area contributed by atoms with Crippen LogP contribution in [0, 0.1) is 6.92 Å². The smallest absolute Gasteiger partial charge is 0.416 e. The summed E-state index contributed by atoms with van der Waals surface area (Å²) in [5, 5.41) is 13.4. The fourth-order valence-electron chi connectivity index (χ4n) is 4.98. The van der Waals surface area contributed by atoms with Crippen molar-refractivity contribution in [3.63, 3.8) is 0 Å². The largest absolute Gasteiger partial charge is 0.443 e. The van der Waals surface area contributed by atoms with Crippen molar-refractivity contribution < 1.29 is 49.0 Å². The minimum absolute atomic E-state index is 0.0100. The number of alkyl halides is 9. The molecule has 3 aromatic rings. The first-order valence-electron chi connectivity index (χ1n) is 13.2. The van der Waals surface area contributed by atoms with Gasteiger partial charge in [-0.2, -0.15) is 44.7 Å². The predicted molar refractivity (Wildman–Crippen MR) is 139 cm³/mol. The number of rotatable bonds is 4. The van der Waals surface area contributed by atoms with Crippen LogP contribution in [0.1, 0.15) is 73.0 Å². The van der Waals surface area contributed by atoms with E-state index in [4.69, 9.17) is 4.74 Å². The van der Waals surface area contributed by atoms with Gasteiger partial charge in [-0.1, -0.05) is 11.2 Å². The Kier molecular flexibility index (Phi) is 8.56. The van der Waals surface area contributed by atoms with Crippen molar-refractivity contribution in [3.8, 4) is 0 Å². The van der Waals surface area contributed by atoms with E-state index in [0.717, 1.165) is 11.0 Å². The van der Waals surface area contributed by atoms with Crippen molar-refractivity contribution in [2.45, 2.75) is 77.3 Å². The maximum absolute atomic E-state index is 14.0. The number of fused-ring (bicyclic) bond motifs is 1. The number of ether oxygens (including phenoxy) is 1. The van der Waals surface area contributed by atoms with Crippen LogP contribution in [-0.2, 0) is 29.8 Å². The molecule has 1 amide bonds. The SMILES string of the molecule is Cc1cc2c(cc1C(F)(F)F)N(C(=O)OC(C)(C)C)CCCC2N(Cc1cc(C(F)(F)F)cc(C(F)(F)F)c1)c1nn[nH]n1. The summed E-state index contributed by atoms with van der Waals surface area (Å²) in [6.07, 6.45) is -15.7. The molecule has 2 heterocycles. The number of aromatic nitrogens is 4. The summed E-state index contributed by atoms with van der Waals surface area (Å²) in [6.45, 7) is 5.20. The summed E-state index contributed by atoms with van der Waals surface area (Å²) in [5.41, 5.74) is -5.83. The summed E-state index contributed by atoms with van der Waals surface area (Å²) < 4.78 is 129. The first kappa shape index (κ1) is 32.9. The lowest BCUT2D eigenvalue weighted by Crippen LogP contribution is -2.37. The van der Waals surface area contributed by atoms with Crippen molar-refractivity contribution in [1.82, 2.24) is 20.6 Å². The van der Waals surface area contributed by atoms with Gasteiger partial charge in [0.05, 0.1) is 28.4 Å². The van der Waals surface area contributed by atoms with Crippen LogP contribution < -0.4 is 9.80 Å². The zero-order valence-electron chi connectivity index (χ0n) is 23.7. The number of anilines is 2. The molecular formula is C27H27F9N6O2. The van der Waals surface area contributed by atoms with Crippen molar-refractivity contribution >= 4 is 17.7 Å². The summed E-state index contributed by atoms with van der Waals surface area (Å²) in [7, 11) is 0. The first-order valence-corrected chi connectivity index (χ1v) is 13.2. The Morgan fingerprint density at radius 2 is 1.57 bits per heavy atom. The molecule has 0 bridgehead atoms. The molecule has 4 rings (SSSR count). The molecular weight excluding hydrogens is 611 g/mol. The second-order valence-electron chi connectivity index (χ2n) is 11.3. The minimum atomic E-state index is -5.11. The molecule has 0 saturated heterocycles. The maximum Gasteiger partial charge on any atom is 0.416 e. The van der Waals surface area contributed by atoms with Gasteiger partial charge in [-0.25, -0.2) is 4.79 Å². The Bertz CT molecular complexity index is 1460. The summed E-state index contributed by atoms with van der Waals surface area (Å²) in [4.78, 5) is 15.5. The van der Waals surface area contributed by atoms with Crippen molar-refractivity contribution in [2.24, 2.45) is 0 Å². The van der Waals surface area contributed by atoms with Gasteiger partial charge in [0, 0.05) is 13.1 Å². The first-order chi connectivity index (χ1) is 20.1. The molecule has 1 atom stereocenters. The zero-order valence-corrected chi connectivity index (χ0v) is 23.7. The van der Waals surface area contributed by atoms with Crippen LogP contribution in [0.3, 0.4) is 0 Å². The monoisotopic (exact) mass is 638 g/mol. The lowest BCUT2D eigenvalue weighted by Gasteiger charge is -2.33. The molecule has 0 aliphatic carbocycles. The molecule has 44 heavy (non-hydrogen) atoms. The second kappa shape index (κ2) is 11.5. The highest BCUT2D eigenvalue weighted by atomic mass is 19.4. The third-order valence-corrected chi connectivity index (χ3v) is 6.77. The molecule has 0 saturated carbocycles. The highest BCUT2D eigenvalue weighted by molar-refractivity contribution is 5.90. The number of tetrazole rings is 1. The van der Waals surface area contributed by atoms with E-state index in [-0.39, 0.29) is 48.2 Å². The van der Waals surface area contributed by atoms with E-state index in [1.54, 1.807) is 20.8 Å². The number of aryl methyl sites for hydroxylation is 1. The number of hydrogen-bond acceptors (Lipinski definition) is 6. The third kappa shape index (κ3) is 7.35. The topological polar surface area (TPSA) is 87.2 Å². The Balaban J connectivity index is 1.90. The molecule has 1 aliphatic heterocycles. The third-order valence-electron chi connectivity index (χ3n) is 6.77. The van der Waals surface area contributed by atoms with Gasteiger partial charge in [-0.3, -0.25) is 4.90 Å². The average molecular weight is 639 g/mol. The van der Waals surface area contributed by atoms with Gasteiger partial charge >= 0.3 is 24.6 Å². The molecule has 2 aromatic carbocycles. The van der Waals surface area contributed by atoms with Crippen LogP contribution in [-0.4, -0.2) is 38.9 Å². The summed E-state index contributed by atoms with van der Waals surface area (Å²) >= 11 is 0. The van der Waals surface area contributed by atoms with Gasteiger partial charge in [-0.15, -0.1) is 5.10 Å². The standard InChI is InChI=1S/C27H27F9N6O2/c1-14-8-18-20(6-5-7-41(23(43)44-24(2,3)4)21(18)12-19(14)27(34,35)36)42(22-37-39-40-38-22)13-15-9-16(25(28,29)30)11-17(10-15)26(31,32)33/h8-12,20H,5-7,13H2,1-4H3,(H,37,38,39,40). The normalized spacial score (nSPS) is 16.4. The van der Waals surface area contributed by atoms with Crippen LogP contribution in [0.25, 0.3) is 0 Å². The number of H-pyrrole nitrogens is 1. The molecule has 1 aliphatic rings. The van der Waals surface area contributed by atoms with Gasteiger partial charge in [-0.05, 0) is 86.7 Å². The van der Waals surface area contributed by atoms with Crippen LogP contribution in [0.5, 0.6) is 0 Å². The molecule has 0 fully saturated rings. The van der Waals surface area contributed by atoms with E-state index >= 15 is 0 Å². The van der Waals surface area contributed by atoms with Gasteiger partial charge in [0.1, 0.15) is 5.60 Å². The van der Waals surface area contributed by atoms with E-state index in [1.165, 1.54) is 17.9 Å². The van der Waals surface area contributed by atoms with Gasteiger partial charge in [0.25, 0.3) is 5.95 Å². The average Bonchev–Trinajstić information content (AvgIpc) is 3.33. The second-order valence-corrected chi connectivity index (χ2v) is 11.3. The number of nitrogens with zero attached hydrogens (tertiary/aromatic N) is 5. The molecule has 8 nitrogen and oxygen atoms in total. The molecule has 1 unspecified atom stereocenters. The predicted octanol–water partition coefficient (Wildman–Crippen LogP) is 7.85. The van der Waals surface area contributed by atoms with Crippen molar-refractivity contribution in [1.29, 1.82) is 0 Å². The van der Waals surface area contributed by atoms with E-state index in [1.807, 2.05) is 0 Å². The Labute approximate surface area is 245 Å². The number of benzene rings is 2. The van der Waals surface area contributed by atoms with E-state index < -0.39 is 65.1 Å². The molecule has 240 valence electrons. The maximum atomic E-state index is 14.0. The fraction of sp³-hybridized carbons (Fsp3) is 0.481. The highest BCUT2D eigenvalue weighted by Gasteiger charge is 2.40. The number of carbonyl (C=O) groups excluding carboxylic acids is 1. The molecule has 0 radical (unpaired) electrons. The van der Waals surface area contributed by atoms with E-state index in [9.17, 15) is 44.3 Å². The number of amides is 1. The van der Waals surface area contributed by atoms with Crippen molar-refractivity contribution in [3.05, 3.63) is 63.7 Å². The van der Waals surface area contributed by atoms with E-state index in [2.05, 4.69) is 20.6 Å². The lowest BCUT2D eigenvalue weighted by molar-refractivity contribution is -0.143. The van der Waals surface area contributed by atoms with Crippen molar-refractivity contribution in [2.75, 3.05) is 16.3 Å². The number of halogens is 9. The molecule has 17 heteroatoms. The van der Waals surface area contributed by atoms with Crippen LogP contribution >= 0.6 is 0 Å². The van der Waals surface area contributed by atoms with Crippen LogP contribution in [0.2, 0.25) is 0 Å². The van der Waals surface area contributed by atoms with Crippen LogP contribution in [0.4, 0.5) is 55.9 Å². The molecule has 1 aromatic heterocycles. The van der Waals surface area contributed by atoms with Gasteiger partial charge < -0.3 is 9.64 Å². The summed E-state index contributed by atoms with van der Waals surface area (Å²) in [6, 6.07) is 2.04. The fourth-order valence-corrected chi connectivity index (χ4v) is 4.98. The lowest BCUT2D eigenvalue weighted by atomic mass is 9.94. The van der Waals surface area contributed by atoms with Gasteiger partial charge in [0.2, 0.25) is 0 Å². The van der Waals surface area contributed by atoms with Crippen LogP contribution in [0.15, 0.2) is 30.3 Å². The quantitative estimate of drug-likeness (QED) is 0.293. The molecule has 1 N–H and O–H groups in total. The Morgan fingerprint density at radius 1 is 0.955 bits per heavy atom. The number of nitrogens with one attached hydrogen (secondary N) is 1. The zero-order chi connectivity index (χ0) is 32.8. The van der Waals surface area contributed by atoms with Gasteiger partial charge in [0.15, 0.2) is 0 Å². The van der Waals surface area contributed by atoms with E-state index in [0.29, 0.717) is 12.1 Å². The number of hydrogen-bond donors (Lipinski definition) is 1. The number of aromatic amines is 1. The minimum Gasteiger partial charge on any atom is -0.443 e. The Morgan fingerprint density at radius 3 is 2.07 bits per heavy atom. The Hall–Kier alpha value is -4.05. The summed E-state index contributed by atoms with van der Waals surface area (Å²) in [5.74, 6) is -0.241. The highest BCUT2D eigenvalue weighted by Crippen LogP contribution is 2.44. The number of carbonyl (C=O) groups is 1.